The Morgan fingerprint density at radius 3 is 2.77 bits per heavy atom. The zero-order chi connectivity index (χ0) is 16.0. The molecule has 1 heterocycles. The van der Waals surface area contributed by atoms with Crippen molar-refractivity contribution in [3.63, 3.8) is 0 Å². The molecule has 7 heteroatoms. The van der Waals surface area contributed by atoms with E-state index in [-0.39, 0.29) is 5.91 Å². The summed E-state index contributed by atoms with van der Waals surface area (Å²) < 4.78 is 5.01. The first kappa shape index (κ1) is 18.4. The molecule has 6 nitrogen and oxygen atoms in total. The lowest BCUT2D eigenvalue weighted by Gasteiger charge is -2.11. The summed E-state index contributed by atoms with van der Waals surface area (Å²) in [6, 6.07) is 3.70. The highest BCUT2D eigenvalue weighted by molar-refractivity contribution is 7.12. The van der Waals surface area contributed by atoms with Gasteiger partial charge in [-0.05, 0) is 31.2 Å². The molecule has 1 aromatic rings. The molecule has 0 unspecified atom stereocenters. The molecule has 0 saturated carbocycles. The first-order valence-corrected chi connectivity index (χ1v) is 8.48. The van der Waals surface area contributed by atoms with E-state index in [1.807, 2.05) is 24.4 Å². The minimum Gasteiger partial charge on any atom is -0.385 e. The number of nitrogens with one attached hydrogen (secondary N) is 3. The number of rotatable bonds is 10. The van der Waals surface area contributed by atoms with Crippen LogP contribution in [0.3, 0.4) is 0 Å². The van der Waals surface area contributed by atoms with Gasteiger partial charge >= 0.3 is 0 Å². The van der Waals surface area contributed by atoms with Crippen LogP contribution in [0.5, 0.6) is 0 Å². The Morgan fingerprint density at radius 2 is 2.09 bits per heavy atom. The van der Waals surface area contributed by atoms with Crippen LogP contribution in [-0.4, -0.2) is 51.8 Å². The van der Waals surface area contributed by atoms with E-state index in [4.69, 9.17) is 4.74 Å². The Morgan fingerprint density at radius 1 is 1.27 bits per heavy atom. The number of thiophene rings is 1. The fraction of sp³-hybridized carbons (Fsp3) is 0.600. The molecule has 22 heavy (non-hydrogen) atoms. The number of carbonyl (C=O) groups is 1. The van der Waals surface area contributed by atoms with Crippen molar-refractivity contribution in [3.8, 4) is 0 Å². The van der Waals surface area contributed by atoms with Crippen molar-refractivity contribution in [2.75, 3.05) is 39.9 Å². The van der Waals surface area contributed by atoms with Crippen LogP contribution in [0.4, 0.5) is 0 Å². The van der Waals surface area contributed by atoms with Crippen LogP contribution < -0.4 is 16.0 Å². The molecular formula is C15H26N4O2S. The second-order valence-corrected chi connectivity index (χ2v) is 5.57. The second kappa shape index (κ2) is 12.0. The number of amides is 1. The Hall–Kier alpha value is -1.60. The molecule has 0 radical (unpaired) electrons. The van der Waals surface area contributed by atoms with Gasteiger partial charge in [0.2, 0.25) is 0 Å². The minimum atomic E-state index is -0.0106. The normalized spacial score (nSPS) is 11.3. The van der Waals surface area contributed by atoms with Crippen molar-refractivity contribution < 1.29 is 9.53 Å². The number of ether oxygens (including phenoxy) is 1. The molecule has 1 rings (SSSR count). The molecule has 0 aromatic carbocycles. The average Bonchev–Trinajstić information content (AvgIpc) is 3.05. The molecule has 0 aliphatic heterocycles. The van der Waals surface area contributed by atoms with E-state index in [1.165, 1.54) is 11.3 Å². The first-order chi connectivity index (χ1) is 10.8. The highest BCUT2D eigenvalue weighted by atomic mass is 32.1. The Bertz CT molecular complexity index is 435. The summed E-state index contributed by atoms with van der Waals surface area (Å²) in [5, 5.41) is 11.2. The van der Waals surface area contributed by atoms with Gasteiger partial charge in [-0.1, -0.05) is 6.07 Å². The van der Waals surface area contributed by atoms with Crippen molar-refractivity contribution in [3.05, 3.63) is 22.4 Å². The van der Waals surface area contributed by atoms with E-state index in [0.29, 0.717) is 13.1 Å². The lowest BCUT2D eigenvalue weighted by Crippen LogP contribution is -2.38. The van der Waals surface area contributed by atoms with Gasteiger partial charge in [0, 0.05) is 39.9 Å². The van der Waals surface area contributed by atoms with E-state index < -0.39 is 0 Å². The van der Waals surface area contributed by atoms with Crippen LogP contribution in [0.2, 0.25) is 0 Å². The molecule has 3 N–H and O–H groups in total. The number of hydrogen-bond acceptors (Lipinski definition) is 4. The molecule has 0 atom stereocenters. The van der Waals surface area contributed by atoms with Crippen molar-refractivity contribution in [1.82, 2.24) is 16.0 Å². The molecule has 0 bridgehead atoms. The number of guanidine groups is 1. The molecule has 0 aliphatic rings. The van der Waals surface area contributed by atoms with Gasteiger partial charge in [0.05, 0.1) is 4.88 Å². The smallest absolute Gasteiger partial charge is 0.261 e. The topological polar surface area (TPSA) is 74.8 Å². The third-order valence-corrected chi connectivity index (χ3v) is 3.67. The zero-order valence-corrected chi connectivity index (χ0v) is 14.2. The van der Waals surface area contributed by atoms with E-state index in [2.05, 4.69) is 20.9 Å². The standard InChI is InChI=1S/C15H26N4O2S/c1-3-16-15(19-10-6-11-21-2)18-9-5-8-17-14(20)13-7-4-12-22-13/h4,7,12H,3,5-6,8-11H2,1-2H3,(H,17,20)(H2,16,18,19). The number of nitrogens with zero attached hydrogens (tertiary/aromatic N) is 1. The number of aliphatic imine (C=N–C) groups is 1. The van der Waals surface area contributed by atoms with Gasteiger partial charge < -0.3 is 20.7 Å². The minimum absolute atomic E-state index is 0.0106. The summed E-state index contributed by atoms with van der Waals surface area (Å²) in [5.74, 6) is 0.798. The molecule has 0 spiro atoms. The lowest BCUT2D eigenvalue weighted by molar-refractivity contribution is 0.0957. The summed E-state index contributed by atoms with van der Waals surface area (Å²) in [7, 11) is 1.70. The molecule has 1 aromatic heterocycles. The number of methoxy groups -OCH3 is 1. The van der Waals surface area contributed by atoms with Crippen molar-refractivity contribution >= 4 is 23.2 Å². The van der Waals surface area contributed by atoms with Gasteiger partial charge in [-0.15, -0.1) is 11.3 Å². The largest absolute Gasteiger partial charge is 0.385 e. The highest BCUT2D eigenvalue weighted by Crippen LogP contribution is 2.07. The number of carbonyl (C=O) groups excluding carboxylic acids is 1. The molecule has 1 amide bonds. The number of hydrogen-bond donors (Lipinski definition) is 3. The van der Waals surface area contributed by atoms with Gasteiger partial charge in [0.1, 0.15) is 0 Å². The molecule has 0 fully saturated rings. The van der Waals surface area contributed by atoms with Gasteiger partial charge in [0.15, 0.2) is 5.96 Å². The van der Waals surface area contributed by atoms with Crippen molar-refractivity contribution in [2.45, 2.75) is 19.8 Å². The fourth-order valence-electron chi connectivity index (χ4n) is 1.73. The monoisotopic (exact) mass is 326 g/mol. The first-order valence-electron chi connectivity index (χ1n) is 7.60. The summed E-state index contributed by atoms with van der Waals surface area (Å²) in [6.45, 7) is 5.72. The van der Waals surface area contributed by atoms with Crippen LogP contribution >= 0.6 is 11.3 Å². The average molecular weight is 326 g/mol. The summed E-state index contributed by atoms with van der Waals surface area (Å²) in [4.78, 5) is 17.0. The Balaban J connectivity index is 2.18. The maximum Gasteiger partial charge on any atom is 0.261 e. The quantitative estimate of drug-likeness (QED) is 0.346. The molecule has 0 aliphatic carbocycles. The van der Waals surface area contributed by atoms with Crippen LogP contribution in [0.1, 0.15) is 29.4 Å². The van der Waals surface area contributed by atoms with E-state index in [0.717, 1.165) is 43.4 Å². The molecule has 124 valence electrons. The lowest BCUT2D eigenvalue weighted by atomic mass is 10.4. The third kappa shape index (κ3) is 7.99. The van der Waals surface area contributed by atoms with Gasteiger partial charge in [-0.3, -0.25) is 9.79 Å². The van der Waals surface area contributed by atoms with E-state index in [9.17, 15) is 4.79 Å². The highest BCUT2D eigenvalue weighted by Gasteiger charge is 2.04. The summed E-state index contributed by atoms with van der Waals surface area (Å²) >= 11 is 1.45. The predicted molar refractivity (Wildman–Crippen MR) is 91.7 cm³/mol. The van der Waals surface area contributed by atoms with Crippen molar-refractivity contribution in [1.29, 1.82) is 0 Å². The summed E-state index contributed by atoms with van der Waals surface area (Å²) in [6.07, 6.45) is 1.75. The van der Waals surface area contributed by atoms with E-state index >= 15 is 0 Å². The van der Waals surface area contributed by atoms with Gasteiger partial charge in [-0.2, -0.15) is 0 Å². The Labute approximate surface area is 136 Å². The Kier molecular flexibility index (Phi) is 10.1. The van der Waals surface area contributed by atoms with Gasteiger partial charge in [0.25, 0.3) is 5.91 Å². The van der Waals surface area contributed by atoms with Gasteiger partial charge in [-0.25, -0.2) is 0 Å². The maximum absolute atomic E-state index is 11.7. The summed E-state index contributed by atoms with van der Waals surface area (Å²) in [5.41, 5.74) is 0. The zero-order valence-electron chi connectivity index (χ0n) is 13.4. The van der Waals surface area contributed by atoms with E-state index in [1.54, 1.807) is 7.11 Å². The van der Waals surface area contributed by atoms with Crippen LogP contribution in [-0.2, 0) is 4.74 Å². The maximum atomic E-state index is 11.7. The van der Waals surface area contributed by atoms with Crippen molar-refractivity contribution in [2.24, 2.45) is 4.99 Å². The molecule has 0 saturated heterocycles. The van der Waals surface area contributed by atoms with Crippen LogP contribution in [0.25, 0.3) is 0 Å². The fourth-order valence-corrected chi connectivity index (χ4v) is 2.37. The SMILES string of the molecule is CCNC(=NCCCNC(=O)c1cccs1)NCCCOC. The van der Waals surface area contributed by atoms with Crippen LogP contribution in [0.15, 0.2) is 22.5 Å². The predicted octanol–water partition coefficient (Wildman–Crippen LogP) is 1.46. The second-order valence-electron chi connectivity index (χ2n) is 4.62. The third-order valence-electron chi connectivity index (χ3n) is 2.80. The molecular weight excluding hydrogens is 300 g/mol. The van der Waals surface area contributed by atoms with Crippen LogP contribution in [0, 0.1) is 0 Å².